The fourth-order valence-corrected chi connectivity index (χ4v) is 6.91. The third kappa shape index (κ3) is 4.26. The van der Waals surface area contributed by atoms with Crippen LogP contribution in [-0.2, 0) is 42.8 Å². The third-order valence-electron chi connectivity index (χ3n) is 8.66. The normalized spacial score (nSPS) is 42.5. The highest BCUT2D eigenvalue weighted by molar-refractivity contribution is 5.87. The molecule has 6 aliphatic rings. The summed E-state index contributed by atoms with van der Waals surface area (Å²) in [7, 11) is 0. The van der Waals surface area contributed by atoms with Crippen LogP contribution in [0.4, 0.5) is 0 Å². The number of hydrogen-bond donors (Lipinski definition) is 0. The van der Waals surface area contributed by atoms with Gasteiger partial charge >= 0.3 is 17.9 Å². The molecule has 0 amide bonds. The second-order valence-corrected chi connectivity index (χ2v) is 11.3. The predicted molar refractivity (Wildman–Crippen MR) is 118 cm³/mol. The monoisotopic (exact) mass is 493 g/mol. The van der Waals surface area contributed by atoms with E-state index in [2.05, 4.69) is 0 Å². The molecule has 35 heavy (non-hydrogen) atoms. The van der Waals surface area contributed by atoms with Gasteiger partial charge in [0.1, 0.15) is 24.0 Å². The number of carbonyl (C=O) groups is 3. The van der Waals surface area contributed by atoms with Gasteiger partial charge in [0, 0.05) is 19.0 Å². The summed E-state index contributed by atoms with van der Waals surface area (Å²) < 4.78 is 34.7. The number of morpholine rings is 1. The first-order chi connectivity index (χ1) is 16.9. The molecule has 0 aromatic rings. The summed E-state index contributed by atoms with van der Waals surface area (Å²) in [5.41, 5.74) is 0. The van der Waals surface area contributed by atoms with Crippen LogP contribution >= 0.6 is 0 Å². The molecule has 2 saturated carbocycles. The molecule has 0 aromatic heterocycles. The molecule has 10 heteroatoms. The molecule has 0 spiro atoms. The highest BCUT2D eigenvalue weighted by Gasteiger charge is 2.72. The van der Waals surface area contributed by atoms with Crippen molar-refractivity contribution in [2.24, 2.45) is 29.6 Å². The first kappa shape index (κ1) is 23.6. The van der Waals surface area contributed by atoms with Crippen molar-refractivity contribution in [3.8, 4) is 0 Å². The lowest BCUT2D eigenvalue weighted by molar-refractivity contribution is -0.214. The third-order valence-corrected chi connectivity index (χ3v) is 8.66. The van der Waals surface area contributed by atoms with E-state index >= 15 is 0 Å². The molecule has 6 fully saturated rings. The van der Waals surface area contributed by atoms with Crippen LogP contribution < -0.4 is 0 Å². The van der Waals surface area contributed by atoms with E-state index in [0.29, 0.717) is 38.1 Å². The Labute approximate surface area is 204 Å². The summed E-state index contributed by atoms with van der Waals surface area (Å²) in [5, 5.41) is 0. The van der Waals surface area contributed by atoms with Gasteiger partial charge in [-0.2, -0.15) is 0 Å². The number of ether oxygens (including phenoxy) is 6. The summed E-state index contributed by atoms with van der Waals surface area (Å²) in [6, 6.07) is 0. The van der Waals surface area contributed by atoms with Crippen molar-refractivity contribution in [1.82, 2.24) is 4.90 Å². The minimum absolute atomic E-state index is 0.0389. The standard InChI is InChI=1S/C25H35NO9/c1-12(2)25(31-15-10-13-3-4-14(15)9-13)35-24(29)18-17-20-22(34-23(17)28)21(19(18)33-20)32-16(27)11-26-5-7-30-8-6-26/h12-15,17-22,25H,3-11H2,1-2H3. The Bertz CT molecular complexity index is 858. The number of carbonyl (C=O) groups excluding carboxylic acids is 3. The van der Waals surface area contributed by atoms with Crippen molar-refractivity contribution >= 4 is 17.9 Å². The van der Waals surface area contributed by atoms with Crippen LogP contribution in [0.15, 0.2) is 0 Å². The van der Waals surface area contributed by atoms with Gasteiger partial charge in [0.2, 0.25) is 6.29 Å². The second-order valence-electron chi connectivity index (χ2n) is 11.3. The predicted octanol–water partition coefficient (Wildman–Crippen LogP) is 0.900. The van der Waals surface area contributed by atoms with E-state index in [1.807, 2.05) is 18.7 Å². The fraction of sp³-hybridized carbons (Fsp3) is 0.880. The smallest absolute Gasteiger partial charge is 0.320 e. The van der Waals surface area contributed by atoms with Crippen LogP contribution in [0.25, 0.3) is 0 Å². The lowest BCUT2D eigenvalue weighted by atomic mass is 9.78. The Hall–Kier alpha value is -1.75. The average molecular weight is 494 g/mol. The van der Waals surface area contributed by atoms with Gasteiger partial charge in [-0.15, -0.1) is 0 Å². The highest BCUT2D eigenvalue weighted by atomic mass is 16.7. The number of rotatable bonds is 8. The Morgan fingerprint density at radius 1 is 1.09 bits per heavy atom. The minimum Gasteiger partial charge on any atom is -0.455 e. The lowest BCUT2D eigenvalue weighted by Gasteiger charge is -2.32. The Morgan fingerprint density at radius 3 is 2.57 bits per heavy atom. The van der Waals surface area contributed by atoms with Crippen molar-refractivity contribution in [3.05, 3.63) is 0 Å². The molecule has 0 aromatic carbocycles. The number of nitrogens with zero attached hydrogens (tertiary/aromatic N) is 1. The van der Waals surface area contributed by atoms with Crippen molar-refractivity contribution in [2.45, 2.75) is 76.3 Å². The van der Waals surface area contributed by atoms with Gasteiger partial charge in [0.05, 0.1) is 25.9 Å². The van der Waals surface area contributed by atoms with Crippen LogP contribution in [0.3, 0.4) is 0 Å². The van der Waals surface area contributed by atoms with Crippen LogP contribution in [0.2, 0.25) is 0 Å². The summed E-state index contributed by atoms with van der Waals surface area (Å²) in [6.07, 6.45) is 1.18. The second kappa shape index (κ2) is 9.28. The molecule has 4 saturated heterocycles. The SMILES string of the molecule is CC(C)C(OC(=O)C1C2OC3C(OC(=O)C31)C2OC(=O)CN1CCOCC1)OC1CC2CCC1C2. The van der Waals surface area contributed by atoms with E-state index in [1.54, 1.807) is 0 Å². The topological polar surface area (TPSA) is 110 Å². The van der Waals surface area contributed by atoms with E-state index in [4.69, 9.17) is 28.4 Å². The van der Waals surface area contributed by atoms with Crippen LogP contribution in [0, 0.1) is 29.6 Å². The highest BCUT2D eigenvalue weighted by Crippen LogP contribution is 2.52. The van der Waals surface area contributed by atoms with Crippen LogP contribution in [-0.4, -0.2) is 92.5 Å². The Morgan fingerprint density at radius 2 is 1.89 bits per heavy atom. The van der Waals surface area contributed by atoms with E-state index in [0.717, 1.165) is 6.42 Å². The van der Waals surface area contributed by atoms with Crippen LogP contribution in [0.1, 0.15) is 39.5 Å². The van der Waals surface area contributed by atoms with Gasteiger partial charge in [-0.25, -0.2) is 0 Å². The lowest BCUT2D eigenvalue weighted by Crippen LogP contribution is -2.50. The molecule has 2 aliphatic carbocycles. The van der Waals surface area contributed by atoms with Crippen molar-refractivity contribution in [3.63, 3.8) is 0 Å². The number of esters is 3. The molecule has 0 N–H and O–H groups in total. The molecule has 4 heterocycles. The molecule has 4 bridgehead atoms. The molecule has 10 unspecified atom stereocenters. The van der Waals surface area contributed by atoms with Crippen molar-refractivity contribution < 1.29 is 42.8 Å². The molecule has 4 aliphatic heterocycles. The van der Waals surface area contributed by atoms with Crippen molar-refractivity contribution in [1.29, 1.82) is 0 Å². The van der Waals surface area contributed by atoms with E-state index in [9.17, 15) is 14.4 Å². The fourth-order valence-electron chi connectivity index (χ4n) is 6.91. The van der Waals surface area contributed by atoms with Gasteiger partial charge in [-0.05, 0) is 37.5 Å². The van der Waals surface area contributed by atoms with E-state index in [-0.39, 0.29) is 18.6 Å². The summed E-state index contributed by atoms with van der Waals surface area (Å²) >= 11 is 0. The maximum atomic E-state index is 13.4. The van der Waals surface area contributed by atoms with Gasteiger partial charge in [0.25, 0.3) is 0 Å². The quantitative estimate of drug-likeness (QED) is 0.275. The molecule has 6 rings (SSSR count). The maximum absolute atomic E-state index is 13.4. The number of fused-ring (bicyclic) bond motifs is 3. The molecule has 10 atom stereocenters. The first-order valence-electron chi connectivity index (χ1n) is 13.1. The molecular formula is C25H35NO9. The van der Waals surface area contributed by atoms with Gasteiger partial charge in [0.15, 0.2) is 12.2 Å². The Balaban J connectivity index is 1.12. The minimum atomic E-state index is -0.877. The molecule has 10 nitrogen and oxygen atoms in total. The summed E-state index contributed by atoms with van der Waals surface area (Å²) in [4.78, 5) is 40.7. The molecule has 194 valence electrons. The molecule has 0 radical (unpaired) electrons. The zero-order chi connectivity index (χ0) is 24.3. The zero-order valence-electron chi connectivity index (χ0n) is 20.3. The molecular weight excluding hydrogens is 458 g/mol. The van der Waals surface area contributed by atoms with Gasteiger partial charge < -0.3 is 28.4 Å². The summed E-state index contributed by atoms with van der Waals surface area (Å²) in [5.74, 6) is -1.87. The average Bonchev–Trinajstić information content (AvgIpc) is 3.62. The number of hydrogen-bond acceptors (Lipinski definition) is 10. The van der Waals surface area contributed by atoms with Crippen LogP contribution in [0.5, 0.6) is 0 Å². The van der Waals surface area contributed by atoms with Gasteiger partial charge in [-0.3, -0.25) is 19.3 Å². The zero-order valence-corrected chi connectivity index (χ0v) is 20.3. The van der Waals surface area contributed by atoms with Gasteiger partial charge in [-0.1, -0.05) is 13.8 Å². The maximum Gasteiger partial charge on any atom is 0.320 e. The van der Waals surface area contributed by atoms with E-state index < -0.39 is 60.4 Å². The summed E-state index contributed by atoms with van der Waals surface area (Å²) in [6.45, 7) is 6.47. The first-order valence-corrected chi connectivity index (χ1v) is 13.1. The van der Waals surface area contributed by atoms with Crippen molar-refractivity contribution in [2.75, 3.05) is 32.8 Å². The van der Waals surface area contributed by atoms with E-state index in [1.165, 1.54) is 19.3 Å². The Kier molecular flexibility index (Phi) is 6.27. The largest absolute Gasteiger partial charge is 0.455 e.